The van der Waals surface area contributed by atoms with E-state index in [1.165, 1.54) is 0 Å². The van der Waals surface area contributed by atoms with Gasteiger partial charge in [0.05, 0.1) is 12.1 Å². The van der Waals surface area contributed by atoms with Gasteiger partial charge in [-0.3, -0.25) is 0 Å². The quantitative estimate of drug-likeness (QED) is 0.893. The second-order valence-electron chi connectivity index (χ2n) is 5.10. The molecule has 1 aromatic carbocycles. The monoisotopic (exact) mass is 258 g/mol. The number of nitrogens with zero attached hydrogens (tertiary/aromatic N) is 2. The molecule has 0 spiro atoms. The van der Waals surface area contributed by atoms with Gasteiger partial charge in [-0.05, 0) is 38.0 Å². The summed E-state index contributed by atoms with van der Waals surface area (Å²) in [6.07, 6.45) is 1.08. The molecule has 1 aromatic heterocycles. The molecule has 3 heteroatoms. The molecular weight excluding hydrogens is 236 g/mol. The van der Waals surface area contributed by atoms with E-state index in [0.29, 0.717) is 6.04 Å². The van der Waals surface area contributed by atoms with Crippen LogP contribution in [0.5, 0.6) is 0 Å². The highest BCUT2D eigenvalue weighted by atomic mass is 16.3. The summed E-state index contributed by atoms with van der Waals surface area (Å²) in [4.78, 5) is 7.02. The number of hydrogen-bond donors (Lipinski definition) is 1. The molecule has 0 aliphatic heterocycles. The van der Waals surface area contributed by atoms with Crippen LogP contribution in [-0.2, 0) is 6.61 Å². The maximum atomic E-state index is 9.56. The highest BCUT2D eigenvalue weighted by molar-refractivity contribution is 5.84. The van der Waals surface area contributed by atoms with Gasteiger partial charge in [0.15, 0.2) is 0 Å². The number of pyridine rings is 1. The van der Waals surface area contributed by atoms with Gasteiger partial charge in [0.1, 0.15) is 5.82 Å². The third-order valence-electron chi connectivity index (χ3n) is 3.34. The van der Waals surface area contributed by atoms with Gasteiger partial charge in [-0.25, -0.2) is 4.98 Å². The van der Waals surface area contributed by atoms with Crippen LogP contribution in [-0.4, -0.2) is 22.7 Å². The van der Waals surface area contributed by atoms with E-state index in [-0.39, 0.29) is 6.61 Å². The molecule has 0 atom stereocenters. The van der Waals surface area contributed by atoms with Crippen LogP contribution in [0.3, 0.4) is 0 Å². The normalized spacial score (nSPS) is 11.2. The number of fused-ring (bicyclic) bond motifs is 1. The Balaban J connectivity index is 2.54. The summed E-state index contributed by atoms with van der Waals surface area (Å²) in [5, 5.41) is 10.6. The number of hydrogen-bond acceptors (Lipinski definition) is 3. The first kappa shape index (κ1) is 13.8. The maximum Gasteiger partial charge on any atom is 0.129 e. The number of aliphatic hydroxyl groups excluding tert-OH is 1. The average molecular weight is 258 g/mol. The molecule has 0 amide bonds. The molecule has 2 rings (SSSR count). The van der Waals surface area contributed by atoms with Gasteiger partial charge in [0.25, 0.3) is 0 Å². The number of rotatable bonds is 5. The van der Waals surface area contributed by atoms with Crippen LogP contribution in [0.15, 0.2) is 30.3 Å². The summed E-state index contributed by atoms with van der Waals surface area (Å²) < 4.78 is 0. The van der Waals surface area contributed by atoms with Crippen molar-refractivity contribution in [2.75, 3.05) is 11.4 Å². The molecule has 102 valence electrons. The van der Waals surface area contributed by atoms with E-state index in [9.17, 15) is 5.11 Å². The van der Waals surface area contributed by atoms with Crippen LogP contribution >= 0.6 is 0 Å². The molecule has 19 heavy (non-hydrogen) atoms. The Morgan fingerprint density at radius 1 is 1.26 bits per heavy atom. The minimum Gasteiger partial charge on any atom is -0.392 e. The lowest BCUT2D eigenvalue weighted by atomic mass is 10.1. The van der Waals surface area contributed by atoms with Crippen LogP contribution in [0.25, 0.3) is 10.9 Å². The van der Waals surface area contributed by atoms with Crippen molar-refractivity contribution in [1.82, 2.24) is 4.98 Å². The Morgan fingerprint density at radius 3 is 2.63 bits per heavy atom. The number of aromatic nitrogens is 1. The van der Waals surface area contributed by atoms with E-state index in [0.717, 1.165) is 35.2 Å². The Morgan fingerprint density at radius 2 is 2.00 bits per heavy atom. The highest BCUT2D eigenvalue weighted by Crippen LogP contribution is 2.24. The van der Waals surface area contributed by atoms with E-state index in [4.69, 9.17) is 4.98 Å². The molecule has 0 unspecified atom stereocenters. The second kappa shape index (κ2) is 6.02. The molecule has 0 aliphatic carbocycles. The van der Waals surface area contributed by atoms with Crippen LogP contribution < -0.4 is 4.90 Å². The highest BCUT2D eigenvalue weighted by Gasteiger charge is 2.13. The Labute approximate surface area is 114 Å². The lowest BCUT2D eigenvalue weighted by Crippen LogP contribution is -2.32. The first-order valence-electron chi connectivity index (χ1n) is 6.93. The van der Waals surface area contributed by atoms with E-state index < -0.39 is 0 Å². The largest absolute Gasteiger partial charge is 0.392 e. The van der Waals surface area contributed by atoms with Gasteiger partial charge >= 0.3 is 0 Å². The van der Waals surface area contributed by atoms with Crippen molar-refractivity contribution in [1.29, 1.82) is 0 Å². The van der Waals surface area contributed by atoms with Crippen LogP contribution in [0.2, 0.25) is 0 Å². The fraction of sp³-hybridized carbons (Fsp3) is 0.438. The predicted octanol–water partition coefficient (Wildman–Crippen LogP) is 3.35. The van der Waals surface area contributed by atoms with Crippen molar-refractivity contribution in [2.24, 2.45) is 0 Å². The minimum atomic E-state index is 0.0497. The predicted molar refractivity (Wildman–Crippen MR) is 80.4 cm³/mol. The van der Waals surface area contributed by atoms with Gasteiger partial charge in [-0.15, -0.1) is 0 Å². The topological polar surface area (TPSA) is 36.4 Å². The molecule has 1 N–H and O–H groups in total. The van der Waals surface area contributed by atoms with E-state index in [1.807, 2.05) is 30.3 Å². The third-order valence-corrected chi connectivity index (χ3v) is 3.34. The first-order chi connectivity index (χ1) is 9.17. The molecule has 0 saturated carbocycles. The number of benzene rings is 1. The maximum absolute atomic E-state index is 9.56. The molecule has 0 bridgehead atoms. The van der Waals surface area contributed by atoms with Crippen molar-refractivity contribution in [3.05, 3.63) is 35.9 Å². The lowest BCUT2D eigenvalue weighted by molar-refractivity contribution is 0.283. The van der Waals surface area contributed by atoms with Crippen LogP contribution in [0, 0.1) is 0 Å². The van der Waals surface area contributed by atoms with Gasteiger partial charge in [-0.1, -0.05) is 25.1 Å². The van der Waals surface area contributed by atoms with Crippen molar-refractivity contribution >= 4 is 16.7 Å². The number of aliphatic hydroxyl groups is 1. The van der Waals surface area contributed by atoms with Crippen molar-refractivity contribution in [2.45, 2.75) is 39.8 Å². The molecule has 0 fully saturated rings. The Bertz CT molecular complexity index is 551. The number of para-hydroxylation sites is 1. The Kier molecular flexibility index (Phi) is 4.38. The summed E-state index contributed by atoms with van der Waals surface area (Å²) in [7, 11) is 0. The molecule has 0 aliphatic rings. The summed E-state index contributed by atoms with van der Waals surface area (Å²) >= 11 is 0. The van der Waals surface area contributed by atoms with E-state index >= 15 is 0 Å². The van der Waals surface area contributed by atoms with Gasteiger partial charge in [0, 0.05) is 18.0 Å². The molecule has 0 saturated heterocycles. The SMILES string of the molecule is CCCN(c1cc(CO)c2ccccc2n1)C(C)C. The fourth-order valence-corrected chi connectivity index (χ4v) is 2.39. The standard InChI is InChI=1S/C16H22N2O/c1-4-9-18(12(2)3)16-10-13(11-19)14-7-5-6-8-15(14)17-16/h5-8,10,12,19H,4,9,11H2,1-3H3. The van der Waals surface area contributed by atoms with E-state index in [1.54, 1.807) is 0 Å². The second-order valence-corrected chi connectivity index (χ2v) is 5.10. The summed E-state index contributed by atoms with van der Waals surface area (Å²) in [6.45, 7) is 7.54. The van der Waals surface area contributed by atoms with Crippen molar-refractivity contribution in [3.8, 4) is 0 Å². The zero-order chi connectivity index (χ0) is 13.8. The molecule has 1 heterocycles. The van der Waals surface area contributed by atoms with Gasteiger partial charge in [-0.2, -0.15) is 0 Å². The van der Waals surface area contributed by atoms with Gasteiger partial charge in [0.2, 0.25) is 0 Å². The third kappa shape index (κ3) is 2.87. The zero-order valence-electron chi connectivity index (χ0n) is 11.9. The molecule has 2 aromatic rings. The molecule has 3 nitrogen and oxygen atoms in total. The molecule has 0 radical (unpaired) electrons. The van der Waals surface area contributed by atoms with Crippen molar-refractivity contribution in [3.63, 3.8) is 0 Å². The molecular formula is C16H22N2O. The fourth-order valence-electron chi connectivity index (χ4n) is 2.39. The summed E-state index contributed by atoms with van der Waals surface area (Å²) in [5.74, 6) is 0.958. The van der Waals surface area contributed by atoms with Crippen LogP contribution in [0.4, 0.5) is 5.82 Å². The smallest absolute Gasteiger partial charge is 0.129 e. The number of anilines is 1. The zero-order valence-corrected chi connectivity index (χ0v) is 11.9. The first-order valence-corrected chi connectivity index (χ1v) is 6.93. The Hall–Kier alpha value is -1.61. The summed E-state index contributed by atoms with van der Waals surface area (Å²) in [5.41, 5.74) is 1.90. The summed E-state index contributed by atoms with van der Waals surface area (Å²) in [6, 6.07) is 10.4. The minimum absolute atomic E-state index is 0.0497. The van der Waals surface area contributed by atoms with Crippen LogP contribution in [0.1, 0.15) is 32.8 Å². The van der Waals surface area contributed by atoms with Crippen molar-refractivity contribution < 1.29 is 5.11 Å². The average Bonchev–Trinajstić information content (AvgIpc) is 2.43. The van der Waals surface area contributed by atoms with E-state index in [2.05, 4.69) is 25.7 Å². The van der Waals surface area contributed by atoms with Gasteiger partial charge < -0.3 is 10.0 Å². The lowest BCUT2D eigenvalue weighted by Gasteiger charge is -2.28.